The molecule has 9 N–H and O–H groups in total. The van der Waals surface area contributed by atoms with Gasteiger partial charge in [-0.05, 0) is 42.2 Å². The van der Waals surface area contributed by atoms with E-state index < -0.39 is 106 Å². The summed E-state index contributed by atoms with van der Waals surface area (Å²) in [6.07, 6.45) is 0.402. The molecule has 1 aromatic heterocycles. The summed E-state index contributed by atoms with van der Waals surface area (Å²) in [4.78, 5) is 66.0. The Kier molecular flexibility index (Phi) is 12.1. The molecule has 1 heterocycles. The normalized spacial score (nSPS) is 14.1. The average Bonchev–Trinajstić information content (AvgIpc) is 3.38. The fourth-order valence-corrected chi connectivity index (χ4v) is 5.29. The number of rotatable bonds is 16. The Hall–Kier alpha value is -4.97. The summed E-state index contributed by atoms with van der Waals surface area (Å²) < 4.78 is 64.4. The molecule has 0 aliphatic heterocycles. The molecular formula is C29H33F3N6O8S. The third kappa shape index (κ3) is 10.5. The monoisotopic (exact) mass is 682 g/mol. The summed E-state index contributed by atoms with van der Waals surface area (Å²) in [5.74, 6) is -11.6. The lowest BCUT2D eigenvalue weighted by molar-refractivity contribution is -0.141. The first-order chi connectivity index (χ1) is 21.9. The van der Waals surface area contributed by atoms with Crippen molar-refractivity contribution in [2.45, 2.75) is 49.9 Å². The Morgan fingerprint density at radius 2 is 1.47 bits per heavy atom. The maximum Gasteiger partial charge on any atom is 0.305 e. The van der Waals surface area contributed by atoms with Gasteiger partial charge in [0.1, 0.15) is 28.0 Å². The average molecular weight is 683 g/mol. The fourth-order valence-electron chi connectivity index (χ4n) is 4.62. The molecule has 3 rings (SSSR count). The highest BCUT2D eigenvalue weighted by atomic mass is 32.2. The minimum absolute atomic E-state index is 0.0245. The largest absolute Gasteiger partial charge is 0.481 e. The van der Waals surface area contributed by atoms with Crippen LogP contribution in [0.4, 0.5) is 13.2 Å². The molecule has 0 aliphatic carbocycles. The van der Waals surface area contributed by atoms with Gasteiger partial charge in [-0.3, -0.25) is 24.0 Å². The molecule has 254 valence electrons. The van der Waals surface area contributed by atoms with E-state index in [1.54, 1.807) is 24.4 Å². The van der Waals surface area contributed by atoms with Crippen LogP contribution in [0.3, 0.4) is 0 Å². The Labute approximate surface area is 266 Å². The smallest absolute Gasteiger partial charge is 0.305 e. The van der Waals surface area contributed by atoms with E-state index in [9.17, 15) is 50.7 Å². The number of nitrogens with two attached hydrogens (primary N) is 2. The summed E-state index contributed by atoms with van der Waals surface area (Å²) >= 11 is 0. The van der Waals surface area contributed by atoms with Crippen LogP contribution in [0.1, 0.15) is 24.0 Å². The molecule has 0 spiro atoms. The lowest BCUT2D eigenvalue weighted by Crippen LogP contribution is -2.58. The van der Waals surface area contributed by atoms with Crippen LogP contribution in [0, 0.1) is 17.5 Å². The van der Waals surface area contributed by atoms with E-state index in [4.69, 9.17) is 11.5 Å². The molecular weight excluding hydrogens is 649 g/mol. The number of sulfone groups is 1. The fraction of sp³-hybridized carbons (Fsp3) is 0.345. The standard InChI is InChI=1S/C29H33F3N6O8S/c1-47(45,46)7-6-21(36-27(42)19(33)11-15-13-35-20-5-3-2-4-16(15)20)28(43)38-23(12-24(39)40)29(44)37-22(26(34)41)10-14-8-17(30)25(32)18(31)9-14/h2-5,8-9,13,19,21-23,35H,6-7,10-12,33H2,1H3,(H2,34,41)(H,36,42)(H,37,44)(H,38,43)(H,39,40)/t19-,21+,22+,23+/m1/s1. The van der Waals surface area contributed by atoms with Crippen LogP contribution in [0.15, 0.2) is 42.6 Å². The zero-order chi connectivity index (χ0) is 35.1. The first-order valence-corrected chi connectivity index (χ1v) is 16.0. The third-order valence-electron chi connectivity index (χ3n) is 7.02. The van der Waals surface area contributed by atoms with Gasteiger partial charge in [-0.25, -0.2) is 21.6 Å². The molecule has 47 heavy (non-hydrogen) atoms. The number of aromatic nitrogens is 1. The maximum atomic E-state index is 13.7. The van der Waals surface area contributed by atoms with E-state index in [-0.39, 0.29) is 12.0 Å². The number of halogens is 3. The number of benzene rings is 2. The number of carbonyl (C=O) groups excluding carboxylic acids is 4. The zero-order valence-corrected chi connectivity index (χ0v) is 25.7. The number of carbonyl (C=O) groups is 5. The van der Waals surface area contributed by atoms with Gasteiger partial charge in [0.05, 0.1) is 18.2 Å². The summed E-state index contributed by atoms with van der Waals surface area (Å²) in [6, 6.07) is 1.93. The SMILES string of the molecule is CS(=O)(=O)CC[C@H](NC(=O)[C@H](N)Cc1c[nH]c2ccccc12)C(=O)N[C@@H](CC(=O)O)C(=O)N[C@@H](Cc1cc(F)c(F)c(F)c1)C(N)=O. The second-order valence-corrected chi connectivity index (χ2v) is 13.1. The van der Waals surface area contributed by atoms with Gasteiger partial charge >= 0.3 is 5.97 Å². The van der Waals surface area contributed by atoms with E-state index >= 15 is 0 Å². The van der Waals surface area contributed by atoms with E-state index in [1.807, 2.05) is 6.07 Å². The van der Waals surface area contributed by atoms with E-state index in [2.05, 4.69) is 20.9 Å². The molecule has 0 unspecified atom stereocenters. The van der Waals surface area contributed by atoms with Gasteiger partial charge in [0.25, 0.3) is 0 Å². The second kappa shape index (κ2) is 15.5. The summed E-state index contributed by atoms with van der Waals surface area (Å²) in [6.45, 7) is 0. The van der Waals surface area contributed by atoms with E-state index in [0.29, 0.717) is 17.7 Å². The Morgan fingerprint density at radius 3 is 2.06 bits per heavy atom. The summed E-state index contributed by atoms with van der Waals surface area (Å²) in [7, 11) is -3.67. The van der Waals surface area contributed by atoms with Crippen molar-refractivity contribution in [3.8, 4) is 0 Å². The number of fused-ring (bicyclic) bond motifs is 1. The van der Waals surface area contributed by atoms with Crippen molar-refractivity contribution in [1.29, 1.82) is 0 Å². The number of carboxylic acids is 1. The van der Waals surface area contributed by atoms with Gasteiger partial charge in [-0.15, -0.1) is 0 Å². The molecule has 0 aliphatic rings. The maximum absolute atomic E-state index is 13.7. The van der Waals surface area contributed by atoms with Crippen LogP contribution in [-0.2, 0) is 46.7 Å². The lowest BCUT2D eigenvalue weighted by Gasteiger charge is -2.25. The minimum atomic E-state index is -3.67. The molecule has 4 amide bonds. The molecule has 14 nitrogen and oxygen atoms in total. The molecule has 0 bridgehead atoms. The van der Waals surface area contributed by atoms with E-state index in [0.717, 1.165) is 17.2 Å². The zero-order valence-electron chi connectivity index (χ0n) is 24.9. The van der Waals surface area contributed by atoms with Crippen molar-refractivity contribution in [2.75, 3.05) is 12.0 Å². The first-order valence-electron chi connectivity index (χ1n) is 14.0. The van der Waals surface area contributed by atoms with E-state index in [1.165, 1.54) is 0 Å². The van der Waals surface area contributed by atoms with Crippen LogP contribution in [-0.4, -0.2) is 84.3 Å². The number of carboxylic acid groups (broad SMARTS) is 1. The van der Waals surface area contributed by atoms with Gasteiger partial charge in [0, 0.05) is 29.8 Å². The van der Waals surface area contributed by atoms with Crippen LogP contribution in [0.2, 0.25) is 0 Å². The predicted molar refractivity (Wildman–Crippen MR) is 162 cm³/mol. The van der Waals surface area contributed by atoms with Crippen molar-refractivity contribution < 1.29 is 50.7 Å². The lowest BCUT2D eigenvalue weighted by atomic mass is 10.0. The number of hydrogen-bond acceptors (Lipinski definition) is 8. The molecule has 0 fully saturated rings. The number of amides is 4. The summed E-state index contributed by atoms with van der Waals surface area (Å²) in [5.41, 5.74) is 12.6. The van der Waals surface area contributed by atoms with Gasteiger partial charge in [0.2, 0.25) is 23.6 Å². The highest BCUT2D eigenvalue weighted by Crippen LogP contribution is 2.19. The van der Waals surface area contributed by atoms with Crippen LogP contribution in [0.25, 0.3) is 10.9 Å². The topological polar surface area (TPSA) is 244 Å². The summed E-state index contributed by atoms with van der Waals surface area (Å²) in [5, 5.41) is 16.7. The van der Waals surface area contributed by atoms with Crippen molar-refractivity contribution in [3.63, 3.8) is 0 Å². The van der Waals surface area contributed by atoms with Crippen LogP contribution >= 0.6 is 0 Å². The third-order valence-corrected chi connectivity index (χ3v) is 7.99. The number of aromatic amines is 1. The Morgan fingerprint density at radius 1 is 0.894 bits per heavy atom. The molecule has 0 saturated carbocycles. The van der Waals surface area contributed by atoms with Crippen LogP contribution in [0.5, 0.6) is 0 Å². The van der Waals surface area contributed by atoms with Gasteiger partial charge in [-0.2, -0.15) is 0 Å². The number of hydrogen-bond donors (Lipinski definition) is 7. The Balaban J connectivity index is 1.77. The van der Waals surface area contributed by atoms with Crippen molar-refractivity contribution in [2.24, 2.45) is 11.5 Å². The molecule has 3 aromatic rings. The number of para-hydroxylation sites is 1. The predicted octanol–water partition coefficient (Wildman–Crippen LogP) is -0.453. The van der Waals surface area contributed by atoms with Crippen molar-refractivity contribution in [1.82, 2.24) is 20.9 Å². The molecule has 4 atom stereocenters. The van der Waals surface area contributed by atoms with Gasteiger partial charge in [0.15, 0.2) is 17.5 Å². The Bertz CT molecular complexity index is 1760. The van der Waals surface area contributed by atoms with Crippen molar-refractivity contribution >= 4 is 50.3 Å². The minimum Gasteiger partial charge on any atom is -0.481 e. The van der Waals surface area contributed by atoms with Gasteiger partial charge < -0.3 is 37.5 Å². The molecule has 18 heteroatoms. The highest BCUT2D eigenvalue weighted by molar-refractivity contribution is 7.90. The number of primary amides is 1. The molecule has 0 radical (unpaired) electrons. The van der Waals surface area contributed by atoms with Gasteiger partial charge in [-0.1, -0.05) is 18.2 Å². The van der Waals surface area contributed by atoms with Crippen LogP contribution < -0.4 is 27.4 Å². The number of aliphatic carboxylic acids is 1. The molecule has 2 aromatic carbocycles. The number of H-pyrrole nitrogens is 1. The number of nitrogens with one attached hydrogen (secondary N) is 4. The quantitative estimate of drug-likeness (QED) is 0.0966. The molecule has 0 saturated heterocycles. The van der Waals surface area contributed by atoms with Crippen molar-refractivity contribution in [3.05, 3.63) is 71.2 Å². The first kappa shape index (κ1) is 36.5. The second-order valence-electron chi connectivity index (χ2n) is 10.8. The highest BCUT2D eigenvalue weighted by Gasteiger charge is 2.32.